The van der Waals surface area contributed by atoms with Crippen molar-refractivity contribution in [1.29, 1.82) is 0 Å². The van der Waals surface area contributed by atoms with E-state index in [2.05, 4.69) is 4.98 Å². The van der Waals surface area contributed by atoms with Gasteiger partial charge >= 0.3 is 0 Å². The molecule has 0 atom stereocenters. The van der Waals surface area contributed by atoms with Gasteiger partial charge in [-0.25, -0.2) is 4.98 Å². The van der Waals surface area contributed by atoms with E-state index >= 15 is 0 Å². The molecule has 0 aliphatic rings. The smallest absolute Gasteiger partial charge is 0.110 e. The molecule has 1 heterocycles. The van der Waals surface area contributed by atoms with E-state index in [0.717, 1.165) is 27.7 Å². The molecule has 0 amide bonds. The van der Waals surface area contributed by atoms with Crippen LogP contribution < -0.4 is 0 Å². The van der Waals surface area contributed by atoms with Crippen LogP contribution in [0.15, 0.2) is 54.9 Å². The zero-order valence-electron chi connectivity index (χ0n) is 10.8. The average molecular weight is 303 g/mol. The molecule has 4 heteroatoms. The van der Waals surface area contributed by atoms with Crippen LogP contribution in [0.4, 0.5) is 0 Å². The first-order chi connectivity index (χ1) is 9.66. The van der Waals surface area contributed by atoms with E-state index in [9.17, 15) is 0 Å². The van der Waals surface area contributed by atoms with Gasteiger partial charge in [0, 0.05) is 23.0 Å². The van der Waals surface area contributed by atoms with Gasteiger partial charge in [-0.3, -0.25) is 0 Å². The van der Waals surface area contributed by atoms with E-state index in [-0.39, 0.29) is 0 Å². The number of aryl methyl sites for hydroxylation is 1. The van der Waals surface area contributed by atoms with Crippen LogP contribution in [-0.4, -0.2) is 9.55 Å². The summed E-state index contributed by atoms with van der Waals surface area (Å²) >= 11 is 12.6. The molecule has 3 rings (SSSR count). The maximum Gasteiger partial charge on any atom is 0.110 e. The largest absolute Gasteiger partial charge is 0.302 e. The molecule has 0 aliphatic heterocycles. The Hall–Kier alpha value is -1.77. The predicted octanol–water partition coefficient (Wildman–Crippen LogP) is 5.15. The molecule has 0 fully saturated rings. The minimum atomic E-state index is 0.670. The van der Waals surface area contributed by atoms with E-state index < -0.39 is 0 Å². The molecule has 0 saturated heterocycles. The second-order valence-electron chi connectivity index (χ2n) is 4.49. The molecular formula is C16H12Cl2N2. The van der Waals surface area contributed by atoms with Crippen molar-refractivity contribution < 1.29 is 0 Å². The first-order valence-corrected chi connectivity index (χ1v) is 6.97. The van der Waals surface area contributed by atoms with Gasteiger partial charge < -0.3 is 4.57 Å². The molecular weight excluding hydrogens is 291 g/mol. The van der Waals surface area contributed by atoms with Gasteiger partial charge in [0.1, 0.15) is 5.82 Å². The summed E-state index contributed by atoms with van der Waals surface area (Å²) in [4.78, 5) is 4.21. The van der Waals surface area contributed by atoms with Crippen molar-refractivity contribution in [3.05, 3.63) is 70.7 Å². The molecule has 20 heavy (non-hydrogen) atoms. The fourth-order valence-electron chi connectivity index (χ4n) is 2.20. The summed E-state index contributed by atoms with van der Waals surface area (Å²) in [6.45, 7) is 1.94. The molecule has 0 aliphatic carbocycles. The molecule has 0 saturated carbocycles. The van der Waals surface area contributed by atoms with Crippen LogP contribution in [0.2, 0.25) is 10.0 Å². The minimum Gasteiger partial charge on any atom is -0.302 e. The van der Waals surface area contributed by atoms with E-state index in [1.54, 1.807) is 6.20 Å². The molecule has 0 N–H and O–H groups in total. The Morgan fingerprint density at radius 1 is 1.00 bits per heavy atom. The summed E-state index contributed by atoms with van der Waals surface area (Å²) in [7, 11) is 0. The Morgan fingerprint density at radius 3 is 2.45 bits per heavy atom. The summed E-state index contributed by atoms with van der Waals surface area (Å²) in [5.41, 5.74) is 2.89. The van der Waals surface area contributed by atoms with Gasteiger partial charge in [-0.2, -0.15) is 0 Å². The molecule has 3 aromatic rings. The number of benzene rings is 2. The summed E-state index contributed by atoms with van der Waals surface area (Å²) in [6.07, 6.45) is 3.65. The monoisotopic (exact) mass is 302 g/mol. The van der Waals surface area contributed by atoms with Crippen LogP contribution in [0.3, 0.4) is 0 Å². The van der Waals surface area contributed by atoms with Gasteiger partial charge in [0.25, 0.3) is 0 Å². The third-order valence-corrected chi connectivity index (χ3v) is 3.85. The Labute approximate surface area is 127 Å². The van der Waals surface area contributed by atoms with Gasteiger partial charge in [-0.05, 0) is 30.7 Å². The molecule has 100 valence electrons. The van der Waals surface area contributed by atoms with Gasteiger partial charge in [0.15, 0.2) is 0 Å². The number of imidazole rings is 1. The maximum atomic E-state index is 6.40. The van der Waals surface area contributed by atoms with Gasteiger partial charge in [0.05, 0.1) is 10.7 Å². The van der Waals surface area contributed by atoms with Crippen LogP contribution in [0.1, 0.15) is 5.82 Å². The van der Waals surface area contributed by atoms with E-state index in [0.29, 0.717) is 5.02 Å². The summed E-state index contributed by atoms with van der Waals surface area (Å²) in [6, 6.07) is 13.7. The third-order valence-electron chi connectivity index (χ3n) is 3.22. The highest BCUT2D eigenvalue weighted by Gasteiger charge is 2.09. The summed E-state index contributed by atoms with van der Waals surface area (Å²) < 4.78 is 1.96. The second kappa shape index (κ2) is 5.31. The van der Waals surface area contributed by atoms with Gasteiger partial charge in [-0.15, -0.1) is 0 Å². The number of hydrogen-bond donors (Lipinski definition) is 0. The van der Waals surface area contributed by atoms with Crippen molar-refractivity contribution in [2.24, 2.45) is 0 Å². The van der Waals surface area contributed by atoms with Crippen LogP contribution in [0, 0.1) is 6.92 Å². The van der Waals surface area contributed by atoms with Crippen molar-refractivity contribution in [2.75, 3.05) is 0 Å². The highest BCUT2D eigenvalue weighted by atomic mass is 35.5. The molecule has 2 aromatic carbocycles. The Bertz CT molecular complexity index is 763. The lowest BCUT2D eigenvalue weighted by atomic mass is 10.1. The first kappa shape index (κ1) is 13.2. The van der Waals surface area contributed by atoms with Crippen LogP contribution in [0.5, 0.6) is 0 Å². The Kier molecular flexibility index (Phi) is 3.51. The number of aromatic nitrogens is 2. The number of hydrogen-bond acceptors (Lipinski definition) is 1. The van der Waals surface area contributed by atoms with E-state index in [1.807, 2.05) is 60.2 Å². The van der Waals surface area contributed by atoms with Crippen LogP contribution in [0.25, 0.3) is 16.8 Å². The Balaban J connectivity index is 2.09. The van der Waals surface area contributed by atoms with Crippen molar-refractivity contribution in [3.8, 4) is 16.8 Å². The van der Waals surface area contributed by atoms with Crippen LogP contribution >= 0.6 is 23.2 Å². The molecule has 0 unspecified atom stereocenters. The second-order valence-corrected chi connectivity index (χ2v) is 5.30. The van der Waals surface area contributed by atoms with Crippen LogP contribution in [-0.2, 0) is 0 Å². The lowest BCUT2D eigenvalue weighted by Gasteiger charge is -2.10. The standard InChI is InChI=1S/C16H12Cl2N2/c1-11-19-8-9-20(11)16-7-6-12(10-15(16)18)13-4-2-3-5-14(13)17/h2-10H,1H3. The highest BCUT2D eigenvalue weighted by molar-refractivity contribution is 6.34. The summed E-state index contributed by atoms with van der Waals surface area (Å²) in [5.74, 6) is 0.900. The number of nitrogens with zero attached hydrogens (tertiary/aromatic N) is 2. The third kappa shape index (κ3) is 2.33. The maximum absolute atomic E-state index is 6.40. The SMILES string of the molecule is Cc1nccn1-c1ccc(-c2ccccc2Cl)cc1Cl. The first-order valence-electron chi connectivity index (χ1n) is 6.21. The van der Waals surface area contributed by atoms with Crippen molar-refractivity contribution in [3.63, 3.8) is 0 Å². The fraction of sp³-hybridized carbons (Fsp3) is 0.0625. The lowest BCUT2D eigenvalue weighted by Crippen LogP contribution is -1.96. The normalized spacial score (nSPS) is 10.8. The van der Waals surface area contributed by atoms with Gasteiger partial charge in [-0.1, -0.05) is 47.5 Å². The zero-order chi connectivity index (χ0) is 14.1. The minimum absolute atomic E-state index is 0.670. The molecule has 0 bridgehead atoms. The zero-order valence-corrected chi connectivity index (χ0v) is 12.4. The molecule has 1 aromatic heterocycles. The highest BCUT2D eigenvalue weighted by Crippen LogP contribution is 2.32. The van der Waals surface area contributed by atoms with E-state index in [1.165, 1.54) is 0 Å². The molecule has 2 nitrogen and oxygen atoms in total. The topological polar surface area (TPSA) is 17.8 Å². The van der Waals surface area contributed by atoms with E-state index in [4.69, 9.17) is 23.2 Å². The Morgan fingerprint density at radius 2 is 1.80 bits per heavy atom. The van der Waals surface area contributed by atoms with Crippen molar-refractivity contribution >= 4 is 23.2 Å². The molecule has 0 radical (unpaired) electrons. The summed E-state index contributed by atoms with van der Waals surface area (Å²) in [5, 5.41) is 1.39. The average Bonchev–Trinajstić information content (AvgIpc) is 2.85. The number of rotatable bonds is 2. The molecule has 0 spiro atoms. The predicted molar refractivity (Wildman–Crippen MR) is 83.8 cm³/mol. The fourth-order valence-corrected chi connectivity index (χ4v) is 2.71. The van der Waals surface area contributed by atoms with Gasteiger partial charge in [0.2, 0.25) is 0 Å². The number of halogens is 2. The quantitative estimate of drug-likeness (QED) is 0.640. The van der Waals surface area contributed by atoms with Crippen molar-refractivity contribution in [2.45, 2.75) is 6.92 Å². The van der Waals surface area contributed by atoms with Crippen molar-refractivity contribution in [1.82, 2.24) is 9.55 Å². The lowest BCUT2D eigenvalue weighted by molar-refractivity contribution is 0.975.